The van der Waals surface area contributed by atoms with Crippen molar-refractivity contribution in [2.24, 2.45) is 0 Å². The molecular formula is C34H35O2PS. The Morgan fingerprint density at radius 2 is 1.55 bits per heavy atom. The molecular weight excluding hydrogens is 503 g/mol. The van der Waals surface area contributed by atoms with E-state index in [0.29, 0.717) is 11.5 Å². The Morgan fingerprint density at radius 3 is 2.13 bits per heavy atom. The highest BCUT2D eigenvalue weighted by Crippen LogP contribution is 2.76. The molecule has 0 fully saturated rings. The summed E-state index contributed by atoms with van der Waals surface area (Å²) in [6.07, 6.45) is 19.3. The molecule has 0 aliphatic carbocycles. The number of ether oxygens (including phenoxy) is 2. The minimum absolute atomic E-state index is 0.635. The predicted molar refractivity (Wildman–Crippen MR) is 169 cm³/mol. The lowest BCUT2D eigenvalue weighted by molar-refractivity contribution is 0.290. The van der Waals surface area contributed by atoms with Crippen LogP contribution in [0, 0.1) is 0 Å². The summed E-state index contributed by atoms with van der Waals surface area (Å²) in [4.78, 5) is 0. The lowest BCUT2D eigenvalue weighted by Crippen LogP contribution is -2.15. The van der Waals surface area contributed by atoms with Crippen molar-refractivity contribution in [3.05, 3.63) is 173 Å². The van der Waals surface area contributed by atoms with Crippen LogP contribution in [0.15, 0.2) is 168 Å². The molecule has 4 heteroatoms. The molecule has 2 aliphatic heterocycles. The molecule has 0 N–H and O–H groups in total. The van der Waals surface area contributed by atoms with E-state index in [1.165, 1.54) is 0 Å². The lowest BCUT2D eigenvalue weighted by Gasteiger charge is -2.39. The quantitative estimate of drug-likeness (QED) is 0.230. The fourth-order valence-electron chi connectivity index (χ4n) is 4.39. The molecule has 0 spiro atoms. The highest BCUT2D eigenvalue weighted by atomic mass is 32.4. The van der Waals surface area contributed by atoms with Gasteiger partial charge in [0.05, 0.1) is 11.4 Å². The third-order valence-corrected chi connectivity index (χ3v) is 11.4. The lowest BCUT2D eigenvalue weighted by atomic mass is 10.1. The van der Waals surface area contributed by atoms with Gasteiger partial charge in [0.25, 0.3) is 0 Å². The van der Waals surface area contributed by atoms with Crippen LogP contribution >= 0.6 is 6.04 Å². The summed E-state index contributed by atoms with van der Waals surface area (Å²) in [7, 11) is 0. The minimum Gasteiger partial charge on any atom is -0.461 e. The first-order chi connectivity index (χ1) is 18.3. The largest absolute Gasteiger partial charge is 0.461 e. The maximum atomic E-state index is 6.77. The van der Waals surface area contributed by atoms with Crippen LogP contribution in [0.25, 0.3) is 5.57 Å². The Bertz CT molecular complexity index is 1470. The van der Waals surface area contributed by atoms with Gasteiger partial charge >= 0.3 is 0 Å². The summed E-state index contributed by atoms with van der Waals surface area (Å²) in [5, 5.41) is 2.77. The molecule has 38 heavy (non-hydrogen) atoms. The van der Waals surface area contributed by atoms with Gasteiger partial charge in [-0.15, -0.1) is 0 Å². The van der Waals surface area contributed by atoms with Crippen molar-refractivity contribution in [3.63, 3.8) is 0 Å². The van der Waals surface area contributed by atoms with Gasteiger partial charge in [0, 0.05) is 10.6 Å². The van der Waals surface area contributed by atoms with Gasteiger partial charge in [-0.25, -0.2) is 0 Å². The molecule has 194 valence electrons. The fraction of sp³-hybridized carbons (Fsp3) is 0.118. The molecule has 2 heterocycles. The number of allylic oxidation sites excluding steroid dienone is 18. The van der Waals surface area contributed by atoms with E-state index in [1.807, 2.05) is 75.4 Å². The maximum absolute atomic E-state index is 6.77. The molecule has 1 atom stereocenters. The fourth-order valence-corrected chi connectivity index (χ4v) is 9.31. The van der Waals surface area contributed by atoms with Gasteiger partial charge in [0.1, 0.15) is 23.0 Å². The molecule has 0 saturated carbocycles. The van der Waals surface area contributed by atoms with E-state index in [0.717, 1.165) is 49.7 Å². The van der Waals surface area contributed by atoms with Crippen molar-refractivity contribution < 1.29 is 9.47 Å². The molecule has 0 radical (unpaired) electrons. The second kappa shape index (κ2) is 12.7. The van der Waals surface area contributed by atoms with E-state index < -0.39 is 6.04 Å². The number of hydrogen-bond donors (Lipinski definition) is 0. The Morgan fingerprint density at radius 1 is 0.895 bits per heavy atom. The zero-order valence-electron chi connectivity index (χ0n) is 22.7. The summed E-state index contributed by atoms with van der Waals surface area (Å²) in [5.41, 5.74) is 4.04. The summed E-state index contributed by atoms with van der Waals surface area (Å²) < 4.78 is 12.7. The third-order valence-electron chi connectivity index (χ3n) is 6.34. The zero-order valence-corrected chi connectivity index (χ0v) is 24.4. The van der Waals surface area contributed by atoms with Crippen LogP contribution in [0.5, 0.6) is 0 Å². The van der Waals surface area contributed by atoms with Crippen LogP contribution in [-0.2, 0) is 21.3 Å². The van der Waals surface area contributed by atoms with Gasteiger partial charge in [-0.05, 0) is 74.3 Å². The smallest absolute Gasteiger partial charge is 0.139 e. The van der Waals surface area contributed by atoms with Crippen LogP contribution in [-0.4, -0.2) is 0 Å². The van der Waals surface area contributed by atoms with Crippen LogP contribution in [0.3, 0.4) is 0 Å². The Hall–Kier alpha value is -3.65. The Labute approximate surface area is 233 Å². The minimum atomic E-state index is -2.65. The van der Waals surface area contributed by atoms with Crippen molar-refractivity contribution in [2.75, 3.05) is 0 Å². The van der Waals surface area contributed by atoms with Gasteiger partial charge < -0.3 is 9.47 Å². The average Bonchev–Trinajstić information content (AvgIpc) is 2.92. The predicted octanol–water partition coefficient (Wildman–Crippen LogP) is 10.4. The third kappa shape index (κ3) is 5.60. The van der Waals surface area contributed by atoms with Crippen molar-refractivity contribution in [1.82, 2.24) is 0 Å². The van der Waals surface area contributed by atoms with Gasteiger partial charge in [0.15, 0.2) is 0 Å². The van der Waals surface area contributed by atoms with E-state index in [9.17, 15) is 0 Å². The first-order valence-corrected chi connectivity index (χ1v) is 15.2. The molecule has 1 unspecified atom stereocenters. The van der Waals surface area contributed by atoms with Crippen LogP contribution in [0.4, 0.5) is 0 Å². The monoisotopic (exact) mass is 538 g/mol. The van der Waals surface area contributed by atoms with Crippen molar-refractivity contribution in [2.45, 2.75) is 27.7 Å². The topological polar surface area (TPSA) is 18.5 Å². The molecule has 1 aromatic rings. The van der Waals surface area contributed by atoms with Crippen LogP contribution in [0.1, 0.15) is 33.3 Å². The summed E-state index contributed by atoms with van der Waals surface area (Å²) in [5.74, 6) is 2.86. The summed E-state index contributed by atoms with van der Waals surface area (Å²) in [6.45, 7) is 23.9. The Kier molecular flexibility index (Phi) is 9.69. The van der Waals surface area contributed by atoms with Crippen molar-refractivity contribution in [1.29, 1.82) is 0 Å². The first-order valence-electron chi connectivity index (χ1n) is 12.4. The highest BCUT2D eigenvalue weighted by molar-refractivity contribution is 8.21. The Balaban J connectivity index is 2.40. The van der Waals surface area contributed by atoms with E-state index >= 15 is 0 Å². The maximum Gasteiger partial charge on any atom is 0.139 e. The highest BCUT2D eigenvalue weighted by Gasteiger charge is 2.44. The molecule has 1 aromatic carbocycles. The van der Waals surface area contributed by atoms with Crippen molar-refractivity contribution >= 4 is 23.4 Å². The molecule has 0 amide bonds. The second-order valence-electron chi connectivity index (χ2n) is 8.71. The number of hydrogen-bond acceptors (Lipinski definition) is 3. The van der Waals surface area contributed by atoms with Gasteiger partial charge in [-0.2, -0.15) is 0 Å². The van der Waals surface area contributed by atoms with Gasteiger partial charge in [0.2, 0.25) is 0 Å². The van der Waals surface area contributed by atoms with E-state index in [-0.39, 0.29) is 0 Å². The van der Waals surface area contributed by atoms with E-state index in [2.05, 4.69) is 57.5 Å². The zero-order chi connectivity index (χ0) is 27.9. The first kappa shape index (κ1) is 28.9. The average molecular weight is 539 g/mol. The standard InChI is InChI=1S/C34H35O2PS/c1-9-14-16-19-24(6)27(10-2)22-32-25(7)35-30(12-4)34-31(13-5)36-26(8)33(37(32,34)38)23-28(11-3)29-20-17-15-18-21-29/h9-23H,1-4H2,5-8H3/b16-14-,24-19+,27-22+,28-23+,31-13+. The number of rotatable bonds is 9. The SMILES string of the molecule is C=C\C=C/C=C(C)/C(C=C)=C/C1=C(C)OC(C=C)=C2/C(=C\C)OC(C)=C(/C=C(\C=C)c3ccccc3)P12=S. The van der Waals surface area contributed by atoms with E-state index in [1.54, 1.807) is 12.2 Å². The second-order valence-corrected chi connectivity index (χ2v) is 13.0. The van der Waals surface area contributed by atoms with Gasteiger partial charge in [-0.3, -0.25) is 0 Å². The van der Waals surface area contributed by atoms with Crippen LogP contribution < -0.4 is 0 Å². The molecule has 2 nitrogen and oxygen atoms in total. The summed E-state index contributed by atoms with van der Waals surface area (Å²) in [6, 6.07) is 7.52. The number of benzene rings is 1. The summed E-state index contributed by atoms with van der Waals surface area (Å²) >= 11 is 6.77. The van der Waals surface area contributed by atoms with Gasteiger partial charge in [-0.1, -0.05) is 105 Å². The molecule has 0 saturated heterocycles. The normalized spacial score (nSPS) is 21.8. The number of fused-ring (bicyclic) bond motifs is 1. The molecule has 3 rings (SSSR count). The molecule has 0 bridgehead atoms. The van der Waals surface area contributed by atoms with Crippen LogP contribution in [0.2, 0.25) is 0 Å². The molecule has 0 aromatic heterocycles. The molecule has 2 aliphatic rings. The van der Waals surface area contributed by atoms with E-state index in [4.69, 9.17) is 21.3 Å². The van der Waals surface area contributed by atoms with Crippen molar-refractivity contribution in [3.8, 4) is 0 Å².